The van der Waals surface area contributed by atoms with Crippen molar-refractivity contribution in [1.82, 2.24) is 4.72 Å². The van der Waals surface area contributed by atoms with Gasteiger partial charge in [0.15, 0.2) is 5.75 Å². The molecule has 2 rings (SSSR count). The number of benzene rings is 2. The lowest BCUT2D eigenvalue weighted by molar-refractivity contribution is 0.316. The molecule has 0 atom stereocenters. The fourth-order valence-electron chi connectivity index (χ4n) is 3.30. The van der Waals surface area contributed by atoms with Crippen LogP contribution in [0.4, 0.5) is 0 Å². The van der Waals surface area contributed by atoms with Crippen molar-refractivity contribution < 1.29 is 9.47 Å². The van der Waals surface area contributed by atoms with Crippen LogP contribution in [0.25, 0.3) is 0 Å². The normalized spacial score (nSPS) is 11.9. The van der Waals surface area contributed by atoms with Gasteiger partial charge in [0.2, 0.25) is 0 Å². The summed E-state index contributed by atoms with van der Waals surface area (Å²) in [5.41, 5.74) is 2.84. The maximum Gasteiger partial charge on any atom is 0.155 e. The van der Waals surface area contributed by atoms with Crippen molar-refractivity contribution in [2.75, 3.05) is 19.5 Å². The summed E-state index contributed by atoms with van der Waals surface area (Å²) in [6, 6.07) is 13.9. The van der Waals surface area contributed by atoms with Crippen LogP contribution in [-0.2, 0) is 5.41 Å². The van der Waals surface area contributed by atoms with Gasteiger partial charge in [0.1, 0.15) is 24.2 Å². The summed E-state index contributed by atoms with van der Waals surface area (Å²) in [5, 5.41) is 10.1. The number of aliphatic imine (C=N–C) groups is 1. The molecule has 180 valence electrons. The second-order valence-electron chi connectivity index (χ2n) is 8.09. The van der Waals surface area contributed by atoms with Gasteiger partial charge in [-0.1, -0.05) is 69.1 Å². The third-order valence-electron chi connectivity index (χ3n) is 5.16. The fourth-order valence-corrected chi connectivity index (χ4v) is 3.86. The quantitative estimate of drug-likeness (QED) is 0.251. The fraction of sp³-hybridized carbons (Fsp3) is 0.333. The van der Waals surface area contributed by atoms with E-state index in [1.165, 1.54) is 11.9 Å². The van der Waals surface area contributed by atoms with Gasteiger partial charge in [0.05, 0.1) is 22.9 Å². The summed E-state index contributed by atoms with van der Waals surface area (Å²) in [7, 11) is 0. The topological polar surface area (TPSA) is 66.6 Å². The molecular weight excluding hydrogens is 466 g/mol. The molecule has 2 aromatic carbocycles. The number of allylic oxidation sites excluding steroid dienone is 1. The zero-order valence-corrected chi connectivity index (χ0v) is 22.0. The van der Waals surface area contributed by atoms with Gasteiger partial charge >= 0.3 is 0 Å². The van der Waals surface area contributed by atoms with Crippen molar-refractivity contribution in [3.8, 4) is 17.6 Å². The number of nitriles is 1. The molecule has 0 radical (unpaired) electrons. The summed E-state index contributed by atoms with van der Waals surface area (Å²) in [6.07, 6.45) is 6.57. The van der Waals surface area contributed by atoms with Gasteiger partial charge in [0, 0.05) is 11.7 Å². The highest BCUT2D eigenvalue weighted by Crippen LogP contribution is 2.38. The first-order chi connectivity index (χ1) is 16.3. The minimum absolute atomic E-state index is 0.322. The van der Waals surface area contributed by atoms with Crippen LogP contribution in [0.2, 0.25) is 5.02 Å². The monoisotopic (exact) mass is 497 g/mol. The molecule has 7 heteroatoms. The number of hydrogen-bond acceptors (Lipinski definition) is 6. The van der Waals surface area contributed by atoms with E-state index in [0.29, 0.717) is 35.4 Å². The first kappa shape index (κ1) is 27.4. The van der Waals surface area contributed by atoms with Crippen molar-refractivity contribution in [1.29, 1.82) is 5.26 Å². The molecule has 0 saturated carbocycles. The lowest BCUT2D eigenvalue weighted by atomic mass is 9.77. The Hall–Kier alpha value is -2.88. The summed E-state index contributed by atoms with van der Waals surface area (Å²) in [6.45, 7) is 12.9. The highest BCUT2D eigenvalue weighted by Gasteiger charge is 2.26. The third-order valence-corrected chi connectivity index (χ3v) is 5.88. The van der Waals surface area contributed by atoms with Crippen LogP contribution >= 0.6 is 23.5 Å². The van der Waals surface area contributed by atoms with Gasteiger partial charge in [-0.25, -0.2) is 4.99 Å². The van der Waals surface area contributed by atoms with Gasteiger partial charge in [-0.05, 0) is 54.8 Å². The summed E-state index contributed by atoms with van der Waals surface area (Å²) in [5.74, 6) is 1.75. The van der Waals surface area contributed by atoms with Crippen LogP contribution in [-0.4, -0.2) is 25.2 Å². The van der Waals surface area contributed by atoms with Crippen LogP contribution in [0.1, 0.15) is 50.8 Å². The van der Waals surface area contributed by atoms with Crippen molar-refractivity contribution in [3.63, 3.8) is 0 Å². The van der Waals surface area contributed by atoms with Crippen molar-refractivity contribution in [2.45, 2.75) is 39.5 Å². The number of halogens is 1. The smallest absolute Gasteiger partial charge is 0.155 e. The molecule has 0 fully saturated rings. The molecule has 1 N–H and O–H groups in total. The number of ether oxygens (including phenoxy) is 2. The molecule has 0 saturated heterocycles. The van der Waals surface area contributed by atoms with E-state index in [0.717, 1.165) is 29.0 Å². The van der Waals surface area contributed by atoms with Crippen molar-refractivity contribution in [2.24, 2.45) is 4.99 Å². The molecular formula is C27H32ClN3O2S. The molecule has 0 aromatic heterocycles. The molecule has 34 heavy (non-hydrogen) atoms. The molecule has 0 aliphatic rings. The molecule has 0 bridgehead atoms. The van der Waals surface area contributed by atoms with Gasteiger partial charge in [-0.3, -0.25) is 0 Å². The van der Waals surface area contributed by atoms with Gasteiger partial charge in [-0.15, -0.1) is 0 Å². The average Bonchev–Trinajstić information content (AvgIpc) is 2.81. The highest BCUT2D eigenvalue weighted by molar-refractivity contribution is 7.96. The second kappa shape index (κ2) is 13.1. The Morgan fingerprint density at radius 3 is 2.53 bits per heavy atom. The van der Waals surface area contributed by atoms with Crippen molar-refractivity contribution in [3.05, 3.63) is 82.7 Å². The molecule has 0 amide bonds. The SMILES string of the molecule is C=C(/N=C(\C=C/C)COc1ccc(C(C)(C)c2cc(Cl)c(OCCC)c(C#N)c2)cc1)NSC. The van der Waals surface area contributed by atoms with Crippen LogP contribution in [0.5, 0.6) is 11.5 Å². The maximum atomic E-state index is 9.64. The Balaban J connectivity index is 2.22. The lowest BCUT2D eigenvalue weighted by Gasteiger charge is -2.27. The highest BCUT2D eigenvalue weighted by atomic mass is 35.5. The number of hydrogen-bond donors (Lipinski definition) is 1. The van der Waals surface area contributed by atoms with E-state index < -0.39 is 0 Å². The minimum atomic E-state index is -0.379. The largest absolute Gasteiger partial charge is 0.491 e. The summed E-state index contributed by atoms with van der Waals surface area (Å²) in [4.78, 5) is 4.45. The van der Waals surface area contributed by atoms with Gasteiger partial charge < -0.3 is 14.2 Å². The average molecular weight is 498 g/mol. The number of nitrogens with zero attached hydrogens (tertiary/aromatic N) is 2. The summed E-state index contributed by atoms with van der Waals surface area (Å²) < 4.78 is 14.7. The van der Waals surface area contributed by atoms with Crippen LogP contribution in [0.15, 0.2) is 65.9 Å². The Kier molecular flexibility index (Phi) is 10.6. The molecule has 0 aliphatic heterocycles. The summed E-state index contributed by atoms with van der Waals surface area (Å²) >= 11 is 7.93. The van der Waals surface area contributed by atoms with Crippen LogP contribution < -0.4 is 14.2 Å². The number of nitrogens with one attached hydrogen (secondary N) is 1. The van der Waals surface area contributed by atoms with E-state index in [-0.39, 0.29) is 5.41 Å². The van der Waals surface area contributed by atoms with E-state index in [1.807, 2.05) is 68.7 Å². The Morgan fingerprint density at radius 1 is 1.24 bits per heavy atom. The first-order valence-electron chi connectivity index (χ1n) is 11.0. The molecule has 2 aromatic rings. The Bertz CT molecular complexity index is 1090. The Morgan fingerprint density at radius 2 is 1.94 bits per heavy atom. The molecule has 0 unspecified atom stereocenters. The van der Waals surface area contributed by atoms with E-state index in [2.05, 4.69) is 36.2 Å². The second-order valence-corrected chi connectivity index (χ2v) is 9.11. The number of rotatable bonds is 12. The molecule has 5 nitrogen and oxygen atoms in total. The zero-order chi connectivity index (χ0) is 25.1. The lowest BCUT2D eigenvalue weighted by Crippen LogP contribution is -2.19. The van der Waals surface area contributed by atoms with Crippen LogP contribution in [0, 0.1) is 11.3 Å². The van der Waals surface area contributed by atoms with E-state index >= 15 is 0 Å². The predicted octanol–water partition coefficient (Wildman–Crippen LogP) is 7.06. The molecule has 0 spiro atoms. The van der Waals surface area contributed by atoms with Gasteiger partial charge in [0.25, 0.3) is 0 Å². The zero-order valence-electron chi connectivity index (χ0n) is 20.4. The minimum Gasteiger partial charge on any atom is -0.491 e. The van der Waals surface area contributed by atoms with E-state index in [4.69, 9.17) is 21.1 Å². The first-order valence-corrected chi connectivity index (χ1v) is 12.7. The Labute approximate surface area is 212 Å². The van der Waals surface area contributed by atoms with Gasteiger partial charge in [-0.2, -0.15) is 5.26 Å². The predicted molar refractivity (Wildman–Crippen MR) is 144 cm³/mol. The molecule has 0 heterocycles. The van der Waals surface area contributed by atoms with Crippen LogP contribution in [0.3, 0.4) is 0 Å². The standard InChI is InChI=1S/C27H32ClN3O2S/c1-7-9-23(30-19(3)31-34-6)18-33-24-12-10-21(11-13-24)27(4,5)22-15-20(17-29)26(25(28)16-22)32-14-8-2/h7,9-13,15-16,31H,3,8,14,18H2,1-2,4-6H3/b9-7-,30-23+. The maximum absolute atomic E-state index is 9.64. The third kappa shape index (κ3) is 7.31. The van der Waals surface area contributed by atoms with E-state index in [1.54, 1.807) is 0 Å². The van der Waals surface area contributed by atoms with E-state index in [9.17, 15) is 5.26 Å². The van der Waals surface area contributed by atoms with Crippen molar-refractivity contribution >= 4 is 29.3 Å². The molecule has 0 aliphatic carbocycles.